The van der Waals surface area contributed by atoms with Crippen LogP contribution < -0.4 is 15.4 Å². The van der Waals surface area contributed by atoms with Crippen molar-refractivity contribution in [2.24, 2.45) is 5.92 Å². The van der Waals surface area contributed by atoms with Gasteiger partial charge in [-0.3, -0.25) is 4.79 Å². The molecule has 0 unspecified atom stereocenters. The number of phenolic OH excluding ortho intramolecular Hbond substituents is 1. The molecule has 0 saturated carbocycles. The van der Waals surface area contributed by atoms with Gasteiger partial charge < -0.3 is 19.9 Å². The zero-order valence-corrected chi connectivity index (χ0v) is 18.4. The molecule has 1 aliphatic carbocycles. The molecule has 6 nitrogen and oxygen atoms in total. The lowest BCUT2D eigenvalue weighted by molar-refractivity contribution is -0.930. The lowest BCUT2D eigenvalue weighted by atomic mass is 9.89. The van der Waals surface area contributed by atoms with Crippen LogP contribution in [0.3, 0.4) is 0 Å². The van der Waals surface area contributed by atoms with E-state index in [2.05, 4.69) is 23.7 Å². The standard InChI is InChI=1S/C23H28N4O2S/c1-14-7-8-16-19(13-14)30-23-20(16)22(29)24-21(25-23)15(2)26-9-11-27(12-10-26)17-5-3-4-6-18(17)28/h3-6,14-15,28H,7-13H2,1-2H3,(H,24,25,29)/p+1/t14-,15+/m0/s1. The molecular formula is C23H29N4O2S+. The Bertz CT molecular complexity index is 1130. The van der Waals surface area contributed by atoms with E-state index in [0.29, 0.717) is 11.7 Å². The summed E-state index contributed by atoms with van der Waals surface area (Å²) in [5, 5.41) is 11.0. The number of anilines is 1. The van der Waals surface area contributed by atoms with E-state index in [0.717, 1.165) is 67.2 Å². The molecule has 2 aromatic heterocycles. The Labute approximate surface area is 180 Å². The van der Waals surface area contributed by atoms with Crippen molar-refractivity contribution >= 4 is 27.2 Å². The normalized spacial score (nSPS) is 21.0. The lowest BCUT2D eigenvalue weighted by Gasteiger charge is -2.36. The van der Waals surface area contributed by atoms with Crippen LogP contribution in [-0.2, 0) is 12.8 Å². The topological polar surface area (TPSA) is 73.7 Å². The third-order valence-corrected chi connectivity index (χ3v) is 7.98. The Morgan fingerprint density at radius 3 is 2.83 bits per heavy atom. The van der Waals surface area contributed by atoms with Gasteiger partial charge in [-0.2, -0.15) is 0 Å². The summed E-state index contributed by atoms with van der Waals surface area (Å²) in [4.78, 5) is 26.9. The maximum Gasteiger partial charge on any atom is 0.260 e. The Hall–Kier alpha value is -2.38. The van der Waals surface area contributed by atoms with Gasteiger partial charge in [0.2, 0.25) is 0 Å². The van der Waals surface area contributed by atoms with Crippen molar-refractivity contribution in [3.8, 4) is 5.75 Å². The number of nitrogens with one attached hydrogen (secondary N) is 2. The van der Waals surface area contributed by atoms with Gasteiger partial charge in [0.1, 0.15) is 16.6 Å². The molecule has 3 N–H and O–H groups in total. The smallest absolute Gasteiger partial charge is 0.260 e. The lowest BCUT2D eigenvalue weighted by Crippen LogP contribution is -3.14. The van der Waals surface area contributed by atoms with Crippen LogP contribution in [0, 0.1) is 5.92 Å². The highest BCUT2D eigenvalue weighted by molar-refractivity contribution is 7.18. The fourth-order valence-electron chi connectivity index (χ4n) is 4.96. The van der Waals surface area contributed by atoms with E-state index in [9.17, 15) is 9.90 Å². The van der Waals surface area contributed by atoms with Crippen molar-refractivity contribution in [2.45, 2.75) is 39.2 Å². The Morgan fingerprint density at radius 2 is 2.07 bits per heavy atom. The van der Waals surface area contributed by atoms with Gasteiger partial charge in [0.25, 0.3) is 5.56 Å². The first kappa shape index (κ1) is 19.6. The molecular weight excluding hydrogens is 396 g/mol. The molecule has 2 atom stereocenters. The third-order valence-electron chi connectivity index (χ3n) is 6.83. The number of quaternary nitrogens is 1. The minimum Gasteiger partial charge on any atom is -0.506 e. The molecule has 0 bridgehead atoms. The van der Waals surface area contributed by atoms with Gasteiger partial charge in [-0.15, -0.1) is 11.3 Å². The van der Waals surface area contributed by atoms with Gasteiger partial charge in [0.05, 0.1) is 37.3 Å². The van der Waals surface area contributed by atoms with Gasteiger partial charge in [-0.25, -0.2) is 4.98 Å². The van der Waals surface area contributed by atoms with Crippen LogP contribution in [0.25, 0.3) is 10.2 Å². The number of rotatable bonds is 3. The van der Waals surface area contributed by atoms with Crippen LogP contribution in [0.4, 0.5) is 5.69 Å². The molecule has 158 valence electrons. The van der Waals surface area contributed by atoms with Crippen LogP contribution in [0.1, 0.15) is 42.6 Å². The summed E-state index contributed by atoms with van der Waals surface area (Å²) in [7, 11) is 0. The molecule has 3 heterocycles. The number of phenols is 1. The number of benzene rings is 1. The van der Waals surface area contributed by atoms with Gasteiger partial charge >= 0.3 is 0 Å². The van der Waals surface area contributed by atoms with E-state index in [4.69, 9.17) is 4.98 Å². The summed E-state index contributed by atoms with van der Waals surface area (Å²) in [5.74, 6) is 1.82. The first-order valence-electron chi connectivity index (χ1n) is 10.9. The molecule has 3 aromatic rings. The van der Waals surface area contributed by atoms with Crippen LogP contribution in [0.15, 0.2) is 29.1 Å². The third kappa shape index (κ3) is 3.40. The molecule has 2 aliphatic rings. The van der Waals surface area contributed by atoms with Crippen LogP contribution in [0.2, 0.25) is 0 Å². The Morgan fingerprint density at radius 1 is 1.30 bits per heavy atom. The monoisotopic (exact) mass is 425 g/mol. The van der Waals surface area contributed by atoms with Crippen molar-refractivity contribution in [3.05, 3.63) is 50.9 Å². The number of para-hydroxylation sites is 2. The van der Waals surface area contributed by atoms with E-state index in [-0.39, 0.29) is 11.6 Å². The quantitative estimate of drug-likeness (QED) is 0.602. The van der Waals surface area contributed by atoms with Gasteiger partial charge in [-0.1, -0.05) is 19.1 Å². The van der Waals surface area contributed by atoms with Gasteiger partial charge in [-0.05, 0) is 49.8 Å². The van der Waals surface area contributed by atoms with Crippen molar-refractivity contribution in [2.75, 3.05) is 31.1 Å². The Kier molecular flexibility index (Phi) is 5.03. The molecule has 5 rings (SSSR count). The van der Waals surface area contributed by atoms with Crippen molar-refractivity contribution in [1.29, 1.82) is 0 Å². The molecule has 1 saturated heterocycles. The number of H-pyrrole nitrogens is 1. The molecule has 7 heteroatoms. The summed E-state index contributed by atoms with van der Waals surface area (Å²) < 4.78 is 0. The maximum absolute atomic E-state index is 12.9. The van der Waals surface area contributed by atoms with Crippen molar-refractivity contribution in [3.63, 3.8) is 0 Å². The van der Waals surface area contributed by atoms with Gasteiger partial charge in [0.15, 0.2) is 5.82 Å². The van der Waals surface area contributed by atoms with E-state index < -0.39 is 0 Å². The van der Waals surface area contributed by atoms with E-state index in [1.54, 1.807) is 17.4 Å². The maximum atomic E-state index is 12.9. The zero-order valence-electron chi connectivity index (χ0n) is 17.6. The number of aromatic amines is 1. The van der Waals surface area contributed by atoms with Crippen LogP contribution in [-0.4, -0.2) is 41.3 Å². The highest BCUT2D eigenvalue weighted by atomic mass is 32.1. The predicted octanol–water partition coefficient (Wildman–Crippen LogP) is 2.28. The predicted molar refractivity (Wildman–Crippen MR) is 121 cm³/mol. The number of aromatic nitrogens is 2. The number of thiophene rings is 1. The molecule has 1 aromatic carbocycles. The molecule has 0 amide bonds. The molecule has 0 spiro atoms. The van der Waals surface area contributed by atoms with E-state index >= 15 is 0 Å². The first-order valence-corrected chi connectivity index (χ1v) is 11.7. The summed E-state index contributed by atoms with van der Waals surface area (Å²) >= 11 is 1.72. The number of nitrogens with zero attached hydrogens (tertiary/aromatic N) is 2. The SMILES string of the molecule is C[C@H]1CCc2c(sc3nc([C@@H](C)[NH+]4CCN(c5ccccc5O)CC4)[nH]c(=O)c23)C1. The highest BCUT2D eigenvalue weighted by Gasteiger charge is 2.29. The summed E-state index contributed by atoms with van der Waals surface area (Å²) in [6.45, 7) is 8.07. The van der Waals surface area contributed by atoms with E-state index in [1.165, 1.54) is 15.3 Å². The number of aryl methyl sites for hydroxylation is 1. The number of piperazine rings is 1. The number of hydrogen-bond acceptors (Lipinski definition) is 5. The molecule has 1 aliphatic heterocycles. The average molecular weight is 426 g/mol. The van der Waals surface area contributed by atoms with Crippen molar-refractivity contribution < 1.29 is 10.0 Å². The minimum absolute atomic E-state index is 0.0288. The second-order valence-corrected chi connectivity index (χ2v) is 9.92. The number of aromatic hydroxyl groups is 1. The second kappa shape index (κ2) is 7.71. The second-order valence-electron chi connectivity index (χ2n) is 8.84. The van der Waals surface area contributed by atoms with E-state index in [1.807, 2.05) is 18.2 Å². The van der Waals surface area contributed by atoms with Crippen molar-refractivity contribution in [1.82, 2.24) is 9.97 Å². The zero-order chi connectivity index (χ0) is 20.8. The molecule has 0 radical (unpaired) electrons. The highest BCUT2D eigenvalue weighted by Crippen LogP contribution is 2.35. The van der Waals surface area contributed by atoms with Crippen LogP contribution >= 0.6 is 11.3 Å². The minimum atomic E-state index is 0.0288. The summed E-state index contributed by atoms with van der Waals surface area (Å²) in [6.07, 6.45) is 3.22. The summed E-state index contributed by atoms with van der Waals surface area (Å²) in [6, 6.07) is 7.65. The number of hydrogen-bond donors (Lipinski definition) is 3. The van der Waals surface area contributed by atoms with Gasteiger partial charge in [0, 0.05) is 4.88 Å². The largest absolute Gasteiger partial charge is 0.506 e. The Balaban J connectivity index is 1.36. The first-order chi connectivity index (χ1) is 14.5. The number of fused-ring (bicyclic) bond motifs is 3. The average Bonchev–Trinajstić information content (AvgIpc) is 3.11. The molecule has 30 heavy (non-hydrogen) atoms. The summed E-state index contributed by atoms with van der Waals surface area (Å²) in [5.41, 5.74) is 2.17. The fourth-order valence-corrected chi connectivity index (χ4v) is 6.35. The molecule has 1 fully saturated rings. The fraction of sp³-hybridized carbons (Fsp3) is 0.478. The van der Waals surface area contributed by atoms with Crippen LogP contribution in [0.5, 0.6) is 5.75 Å².